The Morgan fingerprint density at radius 2 is 2.11 bits per heavy atom. The van der Waals surface area contributed by atoms with Gasteiger partial charge in [-0.25, -0.2) is 18.7 Å². The Kier molecular flexibility index (Phi) is 4.27. The van der Waals surface area contributed by atoms with Gasteiger partial charge in [0.05, 0.1) is 18.3 Å². The first kappa shape index (κ1) is 17.1. The van der Waals surface area contributed by atoms with Crippen LogP contribution in [0, 0.1) is 11.6 Å². The van der Waals surface area contributed by atoms with Crippen LogP contribution in [0.15, 0.2) is 41.7 Å². The molecule has 0 atom stereocenters. The van der Waals surface area contributed by atoms with E-state index in [0.29, 0.717) is 34.7 Å². The number of aromatic nitrogens is 6. The van der Waals surface area contributed by atoms with E-state index in [1.165, 1.54) is 27.7 Å². The van der Waals surface area contributed by atoms with Gasteiger partial charge in [-0.15, -0.1) is 0 Å². The molecule has 0 unspecified atom stereocenters. The topological polar surface area (TPSA) is 81.4 Å². The zero-order chi connectivity index (χ0) is 19.0. The van der Waals surface area contributed by atoms with Crippen LogP contribution in [-0.4, -0.2) is 29.3 Å². The number of imidazole rings is 1. The average Bonchev–Trinajstić information content (AvgIpc) is 3.27. The number of halogens is 2. The van der Waals surface area contributed by atoms with Gasteiger partial charge in [0, 0.05) is 24.4 Å². The molecule has 0 spiro atoms. The van der Waals surface area contributed by atoms with Crippen molar-refractivity contribution in [1.82, 2.24) is 29.3 Å². The molecule has 1 aromatic carbocycles. The molecule has 0 amide bonds. The highest BCUT2D eigenvalue weighted by Gasteiger charge is 2.13. The first-order valence-electron chi connectivity index (χ1n) is 8.47. The van der Waals surface area contributed by atoms with Crippen LogP contribution in [0.2, 0.25) is 0 Å². The van der Waals surface area contributed by atoms with Crippen molar-refractivity contribution >= 4 is 11.2 Å². The molecule has 138 valence electrons. The fraction of sp³-hybridized carbons (Fsp3) is 0.222. The molecule has 0 saturated carbocycles. The number of aromatic amines is 1. The van der Waals surface area contributed by atoms with Crippen LogP contribution in [-0.2, 0) is 13.1 Å². The number of fused-ring (bicyclic) bond motifs is 1. The van der Waals surface area contributed by atoms with Crippen molar-refractivity contribution in [2.45, 2.75) is 26.4 Å². The van der Waals surface area contributed by atoms with Crippen molar-refractivity contribution in [3.63, 3.8) is 0 Å². The summed E-state index contributed by atoms with van der Waals surface area (Å²) in [6, 6.07) is 3.42. The number of H-pyrrole nitrogens is 1. The van der Waals surface area contributed by atoms with Gasteiger partial charge in [-0.2, -0.15) is 5.10 Å². The summed E-state index contributed by atoms with van der Waals surface area (Å²) in [5.41, 5.74) is 1.44. The lowest BCUT2D eigenvalue weighted by Crippen LogP contribution is -2.20. The molecular weight excluding hydrogens is 354 g/mol. The summed E-state index contributed by atoms with van der Waals surface area (Å²) in [4.78, 5) is 24.0. The molecule has 0 saturated heterocycles. The molecule has 0 aliphatic heterocycles. The van der Waals surface area contributed by atoms with Gasteiger partial charge in [0.15, 0.2) is 11.2 Å². The number of nitrogens with one attached hydrogen (secondary N) is 1. The highest BCUT2D eigenvalue weighted by molar-refractivity contribution is 5.74. The first-order chi connectivity index (χ1) is 13.0. The molecule has 1 N–H and O–H groups in total. The maximum atomic E-state index is 13.8. The molecule has 0 bridgehead atoms. The first-order valence-corrected chi connectivity index (χ1v) is 8.47. The van der Waals surface area contributed by atoms with Gasteiger partial charge in [0.25, 0.3) is 5.56 Å². The molecule has 7 nitrogen and oxygen atoms in total. The van der Waals surface area contributed by atoms with E-state index < -0.39 is 11.6 Å². The van der Waals surface area contributed by atoms with E-state index in [9.17, 15) is 13.6 Å². The summed E-state index contributed by atoms with van der Waals surface area (Å²) in [6.07, 6.45) is 5.54. The van der Waals surface area contributed by atoms with E-state index in [0.717, 1.165) is 12.5 Å². The zero-order valence-corrected chi connectivity index (χ0v) is 14.5. The van der Waals surface area contributed by atoms with Gasteiger partial charge in [0.1, 0.15) is 23.8 Å². The molecule has 9 heteroatoms. The Labute approximate surface area is 152 Å². The van der Waals surface area contributed by atoms with Crippen LogP contribution < -0.4 is 5.56 Å². The second-order valence-electron chi connectivity index (χ2n) is 6.19. The van der Waals surface area contributed by atoms with Crippen LogP contribution in [0.25, 0.3) is 22.6 Å². The Hall–Kier alpha value is -3.36. The van der Waals surface area contributed by atoms with Crippen molar-refractivity contribution in [2.75, 3.05) is 0 Å². The summed E-state index contributed by atoms with van der Waals surface area (Å²) >= 11 is 0. The second-order valence-corrected chi connectivity index (χ2v) is 6.19. The van der Waals surface area contributed by atoms with E-state index in [-0.39, 0.29) is 12.1 Å². The van der Waals surface area contributed by atoms with Crippen LogP contribution in [0.4, 0.5) is 8.78 Å². The fourth-order valence-corrected chi connectivity index (χ4v) is 2.86. The lowest BCUT2D eigenvalue weighted by molar-refractivity contribution is 0.558. The minimum atomic E-state index is -0.628. The summed E-state index contributed by atoms with van der Waals surface area (Å²) in [5, 5.41) is 4.18. The predicted molar refractivity (Wildman–Crippen MR) is 95.1 cm³/mol. The summed E-state index contributed by atoms with van der Waals surface area (Å²) in [7, 11) is 0. The van der Waals surface area contributed by atoms with Crippen molar-refractivity contribution in [3.05, 3.63) is 64.5 Å². The van der Waals surface area contributed by atoms with Crippen molar-refractivity contribution in [1.29, 1.82) is 0 Å². The fourth-order valence-electron chi connectivity index (χ4n) is 2.86. The lowest BCUT2D eigenvalue weighted by Gasteiger charge is -2.03. The van der Waals surface area contributed by atoms with E-state index in [2.05, 4.69) is 20.1 Å². The molecule has 3 heterocycles. The van der Waals surface area contributed by atoms with Crippen LogP contribution in [0.5, 0.6) is 0 Å². The smallest absolute Gasteiger partial charge is 0.279 e. The minimum Gasteiger partial charge on any atom is -0.332 e. The number of aryl methyl sites for hydroxylation is 1. The normalized spacial score (nSPS) is 11.4. The second kappa shape index (κ2) is 6.75. The van der Waals surface area contributed by atoms with Crippen molar-refractivity contribution in [3.8, 4) is 11.4 Å². The standard InChI is InChI=1S/C18H16F2N6O/c1-2-5-25-10-21-17-15(18(25)27)23-16(24-17)12-7-22-26(9-12)8-11-3-4-13(19)6-14(11)20/h3-4,6-7,9-10H,2,5,8H2,1H3,(H,23,24). The number of hydrogen-bond acceptors (Lipinski definition) is 4. The third kappa shape index (κ3) is 3.23. The summed E-state index contributed by atoms with van der Waals surface area (Å²) in [6.45, 7) is 2.71. The molecule has 4 aromatic rings. The molecule has 0 aliphatic rings. The van der Waals surface area contributed by atoms with Gasteiger partial charge in [-0.1, -0.05) is 13.0 Å². The number of hydrogen-bond donors (Lipinski definition) is 1. The molecular formula is C18H16F2N6O. The zero-order valence-electron chi connectivity index (χ0n) is 14.5. The monoisotopic (exact) mass is 370 g/mol. The molecule has 3 aromatic heterocycles. The van der Waals surface area contributed by atoms with Gasteiger partial charge in [0.2, 0.25) is 0 Å². The predicted octanol–water partition coefficient (Wildman–Crippen LogP) is 2.72. The summed E-state index contributed by atoms with van der Waals surface area (Å²) < 4.78 is 29.9. The van der Waals surface area contributed by atoms with E-state index >= 15 is 0 Å². The van der Waals surface area contributed by atoms with E-state index in [1.54, 1.807) is 12.4 Å². The molecule has 0 fully saturated rings. The van der Waals surface area contributed by atoms with Crippen molar-refractivity contribution in [2.24, 2.45) is 0 Å². The third-order valence-corrected chi connectivity index (χ3v) is 4.20. The molecule has 0 radical (unpaired) electrons. The molecule has 0 aliphatic carbocycles. The quantitative estimate of drug-likeness (QED) is 0.586. The third-order valence-electron chi connectivity index (χ3n) is 4.20. The van der Waals surface area contributed by atoms with Crippen LogP contribution in [0.3, 0.4) is 0 Å². The van der Waals surface area contributed by atoms with Crippen LogP contribution >= 0.6 is 0 Å². The van der Waals surface area contributed by atoms with Gasteiger partial charge >= 0.3 is 0 Å². The van der Waals surface area contributed by atoms with Gasteiger partial charge < -0.3 is 4.98 Å². The largest absolute Gasteiger partial charge is 0.332 e. The Morgan fingerprint density at radius 1 is 1.26 bits per heavy atom. The lowest BCUT2D eigenvalue weighted by atomic mass is 10.2. The molecule has 27 heavy (non-hydrogen) atoms. The van der Waals surface area contributed by atoms with Crippen LogP contribution in [0.1, 0.15) is 18.9 Å². The van der Waals surface area contributed by atoms with Gasteiger partial charge in [-0.3, -0.25) is 14.0 Å². The highest BCUT2D eigenvalue weighted by Crippen LogP contribution is 2.18. The summed E-state index contributed by atoms with van der Waals surface area (Å²) in [5.74, 6) is -0.799. The SMILES string of the molecule is CCCn1cnc2nc(-c3cnn(Cc4ccc(F)cc4F)c3)[nH]c2c1=O. The van der Waals surface area contributed by atoms with Crippen molar-refractivity contribution < 1.29 is 8.78 Å². The highest BCUT2D eigenvalue weighted by atomic mass is 19.1. The Balaban J connectivity index is 1.65. The van der Waals surface area contributed by atoms with Gasteiger partial charge in [-0.05, 0) is 12.5 Å². The Morgan fingerprint density at radius 3 is 2.89 bits per heavy atom. The maximum Gasteiger partial charge on any atom is 0.279 e. The number of benzene rings is 1. The maximum absolute atomic E-state index is 13.8. The average molecular weight is 370 g/mol. The number of nitrogens with zero attached hydrogens (tertiary/aromatic N) is 5. The van der Waals surface area contributed by atoms with E-state index in [1.807, 2.05) is 6.92 Å². The number of rotatable bonds is 5. The Bertz CT molecular complexity index is 1180. The van der Waals surface area contributed by atoms with E-state index in [4.69, 9.17) is 0 Å². The molecule has 4 rings (SSSR count). The minimum absolute atomic E-state index is 0.147.